The summed E-state index contributed by atoms with van der Waals surface area (Å²) >= 11 is 0. The predicted molar refractivity (Wildman–Crippen MR) is 50.7 cm³/mol. The lowest BCUT2D eigenvalue weighted by atomic mass is 9.87. The van der Waals surface area contributed by atoms with Gasteiger partial charge in [-0.2, -0.15) is 4.99 Å². The number of isocyanates is 1. The van der Waals surface area contributed by atoms with Crippen molar-refractivity contribution >= 4 is 11.8 Å². The zero-order valence-electron chi connectivity index (χ0n) is 8.03. The molecule has 1 heterocycles. The van der Waals surface area contributed by atoms with Crippen LogP contribution in [0.25, 0.3) is 0 Å². The van der Waals surface area contributed by atoms with E-state index in [9.17, 15) is 4.79 Å². The minimum absolute atomic E-state index is 0.0291. The molecule has 0 aromatic carbocycles. The molecule has 1 aromatic rings. The van der Waals surface area contributed by atoms with Gasteiger partial charge in [-0.1, -0.05) is 20.8 Å². The van der Waals surface area contributed by atoms with Crippen LogP contribution in [0.4, 0.5) is 5.69 Å². The first kappa shape index (κ1) is 9.62. The standard InChI is InChI=1S/C10H12N2O/c1-10(2,3)8-4-5-11-6-9(8)12-7-13/h4-6H,1-3H3. The van der Waals surface area contributed by atoms with Crippen LogP contribution in [0.1, 0.15) is 26.3 Å². The first-order valence-corrected chi connectivity index (χ1v) is 4.08. The van der Waals surface area contributed by atoms with Crippen molar-refractivity contribution in [3.05, 3.63) is 24.0 Å². The van der Waals surface area contributed by atoms with Gasteiger partial charge < -0.3 is 0 Å². The highest BCUT2D eigenvalue weighted by Gasteiger charge is 2.17. The molecule has 0 bridgehead atoms. The molecule has 1 rings (SSSR count). The number of hydrogen-bond acceptors (Lipinski definition) is 3. The number of aromatic nitrogens is 1. The number of hydrogen-bond donors (Lipinski definition) is 0. The molecule has 0 fully saturated rings. The van der Waals surface area contributed by atoms with Crippen LogP contribution in [0, 0.1) is 0 Å². The molecule has 0 spiro atoms. The van der Waals surface area contributed by atoms with Crippen LogP contribution >= 0.6 is 0 Å². The summed E-state index contributed by atoms with van der Waals surface area (Å²) < 4.78 is 0. The van der Waals surface area contributed by atoms with Gasteiger partial charge in [-0.05, 0) is 17.0 Å². The Morgan fingerprint density at radius 1 is 1.46 bits per heavy atom. The molecule has 0 saturated heterocycles. The Kier molecular flexibility index (Phi) is 2.59. The van der Waals surface area contributed by atoms with Gasteiger partial charge in [-0.3, -0.25) is 4.98 Å². The number of nitrogens with zero attached hydrogens (tertiary/aromatic N) is 2. The topological polar surface area (TPSA) is 42.3 Å². The maximum atomic E-state index is 10.1. The summed E-state index contributed by atoms with van der Waals surface area (Å²) in [6, 6.07) is 1.87. The maximum Gasteiger partial charge on any atom is 0.240 e. The Bertz CT molecular complexity index is 346. The fourth-order valence-electron chi connectivity index (χ4n) is 1.16. The van der Waals surface area contributed by atoms with Crippen LogP contribution in [0.15, 0.2) is 23.5 Å². The largest absolute Gasteiger partial charge is 0.262 e. The Morgan fingerprint density at radius 2 is 2.15 bits per heavy atom. The summed E-state index contributed by atoms with van der Waals surface area (Å²) in [5, 5.41) is 0. The van der Waals surface area contributed by atoms with Gasteiger partial charge in [0.05, 0.1) is 11.9 Å². The van der Waals surface area contributed by atoms with Crippen LogP contribution in [-0.4, -0.2) is 11.1 Å². The van der Waals surface area contributed by atoms with Gasteiger partial charge in [-0.25, -0.2) is 4.79 Å². The van der Waals surface area contributed by atoms with Gasteiger partial charge in [0.15, 0.2) is 0 Å². The maximum absolute atomic E-state index is 10.1. The predicted octanol–water partition coefficient (Wildman–Crippen LogP) is 2.35. The smallest absolute Gasteiger partial charge is 0.240 e. The van der Waals surface area contributed by atoms with Crippen LogP contribution in [0.2, 0.25) is 0 Å². The molecule has 13 heavy (non-hydrogen) atoms. The van der Waals surface area contributed by atoms with E-state index in [0.717, 1.165) is 5.56 Å². The second-order valence-corrected chi connectivity index (χ2v) is 3.85. The molecule has 68 valence electrons. The van der Waals surface area contributed by atoms with Crippen molar-refractivity contribution in [1.82, 2.24) is 4.98 Å². The number of aliphatic imine (C=N–C) groups is 1. The Morgan fingerprint density at radius 3 is 2.69 bits per heavy atom. The Labute approximate surface area is 77.5 Å². The minimum Gasteiger partial charge on any atom is -0.262 e. The van der Waals surface area contributed by atoms with E-state index in [4.69, 9.17) is 0 Å². The molecular formula is C10H12N2O. The van der Waals surface area contributed by atoms with Crippen molar-refractivity contribution in [2.45, 2.75) is 26.2 Å². The third kappa shape index (κ3) is 2.23. The molecular weight excluding hydrogens is 164 g/mol. The lowest BCUT2D eigenvalue weighted by Crippen LogP contribution is -2.11. The average molecular weight is 176 g/mol. The molecule has 0 unspecified atom stereocenters. The summed E-state index contributed by atoms with van der Waals surface area (Å²) in [6.07, 6.45) is 4.81. The second-order valence-electron chi connectivity index (χ2n) is 3.85. The highest BCUT2D eigenvalue weighted by atomic mass is 16.1. The number of pyridine rings is 1. The van der Waals surface area contributed by atoms with Crippen LogP contribution in [-0.2, 0) is 10.2 Å². The molecule has 3 nitrogen and oxygen atoms in total. The molecule has 3 heteroatoms. The quantitative estimate of drug-likeness (QED) is 0.487. The molecule has 1 aromatic heterocycles. The molecule has 0 aliphatic rings. The van der Waals surface area contributed by atoms with Crippen LogP contribution < -0.4 is 0 Å². The SMILES string of the molecule is CC(C)(C)c1ccncc1N=C=O. The molecule has 0 radical (unpaired) electrons. The lowest BCUT2D eigenvalue weighted by Gasteiger charge is -2.19. The first-order chi connectivity index (χ1) is 6.05. The van der Waals surface area contributed by atoms with Crippen molar-refractivity contribution < 1.29 is 4.79 Å². The summed E-state index contributed by atoms with van der Waals surface area (Å²) in [4.78, 5) is 17.6. The first-order valence-electron chi connectivity index (χ1n) is 4.08. The molecule has 0 saturated carbocycles. The van der Waals surface area contributed by atoms with Crippen molar-refractivity contribution in [3.8, 4) is 0 Å². The van der Waals surface area contributed by atoms with E-state index in [2.05, 4.69) is 30.7 Å². The molecule has 0 amide bonds. The summed E-state index contributed by atoms with van der Waals surface area (Å²) in [5.74, 6) is 0. The average Bonchev–Trinajstić information content (AvgIpc) is 2.04. The lowest BCUT2D eigenvalue weighted by molar-refractivity contribution is 0.564. The fourth-order valence-corrected chi connectivity index (χ4v) is 1.16. The van der Waals surface area contributed by atoms with E-state index in [1.807, 2.05) is 6.07 Å². The Hall–Kier alpha value is -1.47. The highest BCUT2D eigenvalue weighted by Crippen LogP contribution is 2.29. The van der Waals surface area contributed by atoms with Crippen molar-refractivity contribution in [3.63, 3.8) is 0 Å². The molecule has 0 atom stereocenters. The van der Waals surface area contributed by atoms with Gasteiger partial charge >= 0.3 is 0 Å². The summed E-state index contributed by atoms with van der Waals surface area (Å²) in [7, 11) is 0. The highest BCUT2D eigenvalue weighted by molar-refractivity contribution is 5.54. The van der Waals surface area contributed by atoms with E-state index in [0.29, 0.717) is 5.69 Å². The monoisotopic (exact) mass is 176 g/mol. The second kappa shape index (κ2) is 3.50. The molecule has 0 N–H and O–H groups in total. The number of rotatable bonds is 1. The zero-order valence-corrected chi connectivity index (χ0v) is 8.03. The number of carbonyl (C=O) groups excluding carboxylic acids is 1. The van der Waals surface area contributed by atoms with Crippen LogP contribution in [0.5, 0.6) is 0 Å². The summed E-state index contributed by atoms with van der Waals surface area (Å²) in [6.45, 7) is 6.18. The fraction of sp³-hybridized carbons (Fsp3) is 0.400. The normalized spacial score (nSPS) is 10.7. The minimum atomic E-state index is -0.0291. The third-order valence-corrected chi connectivity index (χ3v) is 1.77. The van der Waals surface area contributed by atoms with Crippen LogP contribution in [0.3, 0.4) is 0 Å². The summed E-state index contributed by atoms with van der Waals surface area (Å²) in [5.41, 5.74) is 1.58. The molecule has 0 aliphatic heterocycles. The van der Waals surface area contributed by atoms with Gasteiger partial charge in [0, 0.05) is 6.20 Å². The van der Waals surface area contributed by atoms with Crippen molar-refractivity contribution in [1.29, 1.82) is 0 Å². The van der Waals surface area contributed by atoms with E-state index in [-0.39, 0.29) is 5.41 Å². The van der Waals surface area contributed by atoms with E-state index >= 15 is 0 Å². The van der Waals surface area contributed by atoms with Gasteiger partial charge in [0.2, 0.25) is 6.08 Å². The third-order valence-electron chi connectivity index (χ3n) is 1.77. The Balaban J connectivity index is 3.27. The van der Waals surface area contributed by atoms with E-state index in [1.54, 1.807) is 12.4 Å². The van der Waals surface area contributed by atoms with E-state index < -0.39 is 0 Å². The van der Waals surface area contributed by atoms with Gasteiger partial charge in [0.25, 0.3) is 0 Å². The zero-order chi connectivity index (χ0) is 9.90. The van der Waals surface area contributed by atoms with E-state index in [1.165, 1.54) is 6.08 Å². The molecule has 0 aliphatic carbocycles. The van der Waals surface area contributed by atoms with Gasteiger partial charge in [0.1, 0.15) is 0 Å². The van der Waals surface area contributed by atoms with Crippen molar-refractivity contribution in [2.24, 2.45) is 4.99 Å². The van der Waals surface area contributed by atoms with Gasteiger partial charge in [-0.15, -0.1) is 0 Å². The van der Waals surface area contributed by atoms with Crippen molar-refractivity contribution in [2.75, 3.05) is 0 Å².